The zero-order valence-electron chi connectivity index (χ0n) is 13.0. The fraction of sp³-hybridized carbons (Fsp3) is 0.533. The molecular formula is C15H22N4OS. The molecule has 0 aliphatic carbocycles. The van der Waals surface area contributed by atoms with Gasteiger partial charge in [0.15, 0.2) is 10.6 Å². The molecule has 0 saturated heterocycles. The third-order valence-corrected chi connectivity index (χ3v) is 4.02. The summed E-state index contributed by atoms with van der Waals surface area (Å²) in [7, 11) is 1.81. The van der Waals surface area contributed by atoms with Crippen LogP contribution in [-0.4, -0.2) is 19.3 Å². The first-order valence-electron chi connectivity index (χ1n) is 7.32. The molecule has 0 radical (unpaired) electrons. The van der Waals surface area contributed by atoms with Gasteiger partial charge in [0.2, 0.25) is 0 Å². The van der Waals surface area contributed by atoms with Gasteiger partial charge >= 0.3 is 0 Å². The van der Waals surface area contributed by atoms with Crippen molar-refractivity contribution in [3.05, 3.63) is 33.0 Å². The Hall–Kier alpha value is -1.69. The van der Waals surface area contributed by atoms with Gasteiger partial charge in [-0.1, -0.05) is 27.2 Å². The van der Waals surface area contributed by atoms with Crippen molar-refractivity contribution in [3.8, 4) is 11.4 Å². The van der Waals surface area contributed by atoms with E-state index in [1.807, 2.05) is 23.7 Å². The minimum atomic E-state index is 0.00625. The van der Waals surface area contributed by atoms with Gasteiger partial charge in [-0.05, 0) is 36.7 Å². The van der Waals surface area contributed by atoms with Gasteiger partial charge in [-0.15, -0.1) is 0 Å². The van der Waals surface area contributed by atoms with Gasteiger partial charge in [0.1, 0.15) is 0 Å². The van der Waals surface area contributed by atoms with E-state index in [9.17, 15) is 4.79 Å². The fourth-order valence-electron chi connectivity index (χ4n) is 2.40. The topological polar surface area (TPSA) is 55.6 Å². The predicted molar refractivity (Wildman–Crippen MR) is 87.1 cm³/mol. The van der Waals surface area contributed by atoms with Crippen molar-refractivity contribution in [2.24, 2.45) is 7.05 Å². The van der Waals surface area contributed by atoms with Crippen LogP contribution in [0.2, 0.25) is 0 Å². The number of hydrogen-bond acceptors (Lipinski definition) is 3. The zero-order valence-corrected chi connectivity index (χ0v) is 13.8. The number of unbranched alkanes of at least 4 members (excludes halogenated alkanes) is 1. The van der Waals surface area contributed by atoms with Gasteiger partial charge in [0.05, 0.1) is 5.56 Å². The highest BCUT2D eigenvalue weighted by Crippen LogP contribution is 2.18. The first-order valence-corrected chi connectivity index (χ1v) is 7.73. The predicted octanol–water partition coefficient (Wildman–Crippen LogP) is 3.23. The van der Waals surface area contributed by atoms with Crippen molar-refractivity contribution in [2.75, 3.05) is 0 Å². The van der Waals surface area contributed by atoms with Crippen LogP contribution < -0.4 is 5.56 Å². The normalized spacial score (nSPS) is 11.3. The van der Waals surface area contributed by atoms with Gasteiger partial charge in [-0.2, -0.15) is 5.10 Å². The number of hydrogen-bond donors (Lipinski definition) is 1. The highest BCUT2D eigenvalue weighted by Gasteiger charge is 2.15. The molecular weight excluding hydrogens is 284 g/mol. The summed E-state index contributed by atoms with van der Waals surface area (Å²) >= 11 is 5.12. The van der Waals surface area contributed by atoms with E-state index in [0.717, 1.165) is 25.1 Å². The number of H-pyrrole nitrogens is 1. The van der Waals surface area contributed by atoms with E-state index in [2.05, 4.69) is 31.0 Å². The van der Waals surface area contributed by atoms with E-state index < -0.39 is 0 Å². The molecule has 21 heavy (non-hydrogen) atoms. The molecule has 5 nitrogen and oxygen atoms in total. The highest BCUT2D eigenvalue weighted by atomic mass is 32.1. The third kappa shape index (κ3) is 3.00. The van der Waals surface area contributed by atoms with E-state index in [0.29, 0.717) is 22.1 Å². The SMILES string of the molecule is CCCCn1c(C(C)C)ccc(-c2n[nH]c(=S)n2C)c1=O. The van der Waals surface area contributed by atoms with Crippen LogP contribution in [0.15, 0.2) is 16.9 Å². The number of nitrogens with one attached hydrogen (secondary N) is 1. The lowest BCUT2D eigenvalue weighted by Crippen LogP contribution is -2.26. The number of aromatic amines is 1. The van der Waals surface area contributed by atoms with Crippen molar-refractivity contribution in [2.45, 2.75) is 46.1 Å². The maximum atomic E-state index is 12.8. The summed E-state index contributed by atoms with van der Waals surface area (Å²) in [5.74, 6) is 0.900. The number of rotatable bonds is 5. The lowest BCUT2D eigenvalue weighted by molar-refractivity contribution is 0.570. The molecule has 0 fully saturated rings. The van der Waals surface area contributed by atoms with Crippen molar-refractivity contribution < 1.29 is 0 Å². The minimum absolute atomic E-state index is 0.00625. The monoisotopic (exact) mass is 306 g/mol. The molecule has 0 aliphatic heterocycles. The van der Waals surface area contributed by atoms with Crippen LogP contribution >= 0.6 is 12.2 Å². The highest BCUT2D eigenvalue weighted by molar-refractivity contribution is 7.71. The lowest BCUT2D eigenvalue weighted by Gasteiger charge is -2.16. The average Bonchev–Trinajstić information content (AvgIpc) is 2.77. The molecule has 1 N–H and O–H groups in total. The summed E-state index contributed by atoms with van der Waals surface area (Å²) in [6, 6.07) is 3.87. The Morgan fingerprint density at radius 3 is 2.62 bits per heavy atom. The van der Waals surface area contributed by atoms with E-state index in [-0.39, 0.29) is 5.56 Å². The Morgan fingerprint density at radius 1 is 1.38 bits per heavy atom. The minimum Gasteiger partial charge on any atom is -0.312 e. The van der Waals surface area contributed by atoms with Crippen LogP contribution in [0.4, 0.5) is 0 Å². The van der Waals surface area contributed by atoms with Crippen molar-refractivity contribution in [1.29, 1.82) is 0 Å². The Morgan fingerprint density at radius 2 is 2.10 bits per heavy atom. The first kappa shape index (κ1) is 15.7. The van der Waals surface area contributed by atoms with Crippen LogP contribution in [0.3, 0.4) is 0 Å². The second-order valence-corrected chi connectivity index (χ2v) is 5.93. The first-order chi connectivity index (χ1) is 9.97. The molecule has 6 heteroatoms. The van der Waals surface area contributed by atoms with Crippen LogP contribution in [0.5, 0.6) is 0 Å². The van der Waals surface area contributed by atoms with E-state index in [1.54, 1.807) is 4.57 Å². The van der Waals surface area contributed by atoms with Crippen LogP contribution in [0.1, 0.15) is 45.2 Å². The van der Waals surface area contributed by atoms with E-state index in [4.69, 9.17) is 12.2 Å². The van der Waals surface area contributed by atoms with Crippen LogP contribution in [0, 0.1) is 4.77 Å². The maximum Gasteiger partial charge on any atom is 0.261 e. The number of nitrogens with zero attached hydrogens (tertiary/aromatic N) is 3. The van der Waals surface area contributed by atoms with Gasteiger partial charge in [-0.25, -0.2) is 0 Å². The van der Waals surface area contributed by atoms with Gasteiger partial charge < -0.3 is 9.13 Å². The van der Waals surface area contributed by atoms with Crippen molar-refractivity contribution in [3.63, 3.8) is 0 Å². The molecule has 114 valence electrons. The standard InChI is InChI=1S/C15H22N4OS/c1-5-6-9-19-12(10(2)3)8-7-11(14(19)20)13-16-17-15(21)18(13)4/h7-8,10H,5-6,9H2,1-4H3,(H,17,21). The summed E-state index contributed by atoms with van der Waals surface area (Å²) in [5, 5.41) is 6.91. The smallest absolute Gasteiger partial charge is 0.261 e. The molecule has 0 aromatic carbocycles. The molecule has 0 unspecified atom stereocenters. The molecule has 0 amide bonds. The quantitative estimate of drug-likeness (QED) is 0.863. The maximum absolute atomic E-state index is 12.8. The van der Waals surface area contributed by atoms with Crippen LogP contribution in [-0.2, 0) is 13.6 Å². The van der Waals surface area contributed by atoms with Crippen LogP contribution in [0.25, 0.3) is 11.4 Å². The summed E-state index contributed by atoms with van der Waals surface area (Å²) in [6.07, 6.45) is 2.04. The van der Waals surface area contributed by atoms with Crippen molar-refractivity contribution >= 4 is 12.2 Å². The fourth-order valence-corrected chi connectivity index (χ4v) is 2.53. The average molecular weight is 306 g/mol. The largest absolute Gasteiger partial charge is 0.312 e. The Bertz CT molecular complexity index is 739. The Balaban J connectivity index is 2.62. The zero-order chi connectivity index (χ0) is 15.6. The Kier molecular flexibility index (Phi) is 4.77. The van der Waals surface area contributed by atoms with Crippen molar-refractivity contribution in [1.82, 2.24) is 19.3 Å². The van der Waals surface area contributed by atoms with Gasteiger partial charge in [0.25, 0.3) is 5.56 Å². The second-order valence-electron chi connectivity index (χ2n) is 5.55. The summed E-state index contributed by atoms with van der Waals surface area (Å²) in [4.78, 5) is 12.8. The third-order valence-electron chi connectivity index (χ3n) is 3.66. The number of pyridine rings is 1. The summed E-state index contributed by atoms with van der Waals surface area (Å²) in [5.41, 5.74) is 1.66. The molecule has 0 atom stereocenters. The van der Waals surface area contributed by atoms with Gasteiger partial charge in [-0.3, -0.25) is 9.89 Å². The van der Waals surface area contributed by atoms with Gasteiger partial charge in [0, 0.05) is 19.3 Å². The molecule has 2 aromatic heterocycles. The molecule has 0 spiro atoms. The molecule has 2 rings (SSSR count). The van der Waals surface area contributed by atoms with E-state index in [1.165, 1.54) is 0 Å². The summed E-state index contributed by atoms with van der Waals surface area (Å²) in [6.45, 7) is 7.08. The number of aromatic nitrogens is 4. The Labute approximate surface area is 129 Å². The molecule has 0 aliphatic rings. The lowest BCUT2D eigenvalue weighted by atomic mass is 10.1. The van der Waals surface area contributed by atoms with E-state index >= 15 is 0 Å². The molecule has 0 saturated carbocycles. The molecule has 2 aromatic rings. The summed E-state index contributed by atoms with van der Waals surface area (Å²) < 4.78 is 4.12. The molecule has 0 bridgehead atoms. The second kappa shape index (κ2) is 6.39. The molecule has 2 heterocycles.